The van der Waals surface area contributed by atoms with Crippen LogP contribution in [0.25, 0.3) is 110 Å². The zero-order valence-corrected chi connectivity index (χ0v) is 37.2. The summed E-state index contributed by atoms with van der Waals surface area (Å²) in [5.41, 5.74) is 14.8. The lowest BCUT2D eigenvalue weighted by Gasteiger charge is -2.26. The first-order valence-corrected chi connectivity index (χ1v) is 23.3. The van der Waals surface area contributed by atoms with Crippen molar-refractivity contribution in [3.8, 4) is 55.8 Å². The molecule has 0 N–H and O–H groups in total. The van der Waals surface area contributed by atoms with Crippen molar-refractivity contribution in [1.29, 1.82) is 0 Å². The molecule has 12 aromatic carbocycles. The Morgan fingerprint density at radius 3 is 1.53 bits per heavy atom. The Kier molecular flexibility index (Phi) is 9.54. The van der Waals surface area contributed by atoms with Crippen molar-refractivity contribution < 1.29 is 4.42 Å². The fourth-order valence-electron chi connectivity index (χ4n) is 10.2. The predicted octanol–water partition coefficient (Wildman–Crippen LogP) is 18.9. The van der Waals surface area contributed by atoms with Crippen molar-refractivity contribution in [1.82, 2.24) is 0 Å². The number of anilines is 3. The number of rotatable bonds is 8. The summed E-state index contributed by atoms with van der Waals surface area (Å²) in [5, 5.41) is 11.0. The summed E-state index contributed by atoms with van der Waals surface area (Å²) in [6, 6.07) is 94.5. The minimum atomic E-state index is 0.875. The molecule has 318 valence electrons. The third kappa shape index (κ3) is 7.08. The molecule has 2 heteroatoms. The molecule has 0 spiro atoms. The summed E-state index contributed by atoms with van der Waals surface area (Å²) < 4.78 is 6.24. The molecule has 0 saturated carbocycles. The van der Waals surface area contributed by atoms with Crippen molar-refractivity contribution in [2.24, 2.45) is 0 Å². The first-order valence-electron chi connectivity index (χ1n) is 23.3. The lowest BCUT2D eigenvalue weighted by molar-refractivity contribution is 0.631. The van der Waals surface area contributed by atoms with Gasteiger partial charge in [-0.1, -0.05) is 194 Å². The molecule has 0 unspecified atom stereocenters. The van der Waals surface area contributed by atoms with Crippen LogP contribution in [0.2, 0.25) is 0 Å². The van der Waals surface area contributed by atoms with Gasteiger partial charge in [-0.15, -0.1) is 0 Å². The molecule has 0 bridgehead atoms. The highest BCUT2D eigenvalue weighted by Gasteiger charge is 2.16. The number of hydrogen-bond acceptors (Lipinski definition) is 2. The maximum atomic E-state index is 6.24. The molecule has 1 heterocycles. The molecule has 0 aliphatic carbocycles. The molecule has 13 rings (SSSR count). The Morgan fingerprint density at radius 2 is 0.750 bits per heavy atom. The van der Waals surface area contributed by atoms with Gasteiger partial charge in [0.1, 0.15) is 11.3 Å². The molecule has 0 fully saturated rings. The minimum Gasteiger partial charge on any atom is -0.456 e. The average Bonchev–Trinajstić information content (AvgIpc) is 3.86. The summed E-state index contributed by atoms with van der Waals surface area (Å²) in [6.45, 7) is 0. The maximum absolute atomic E-state index is 6.24. The Morgan fingerprint density at radius 1 is 0.235 bits per heavy atom. The molecule has 0 atom stereocenters. The fraction of sp³-hybridized carbons (Fsp3) is 0. The third-order valence-electron chi connectivity index (χ3n) is 13.6. The summed E-state index contributed by atoms with van der Waals surface area (Å²) >= 11 is 0. The number of benzene rings is 12. The zero-order valence-electron chi connectivity index (χ0n) is 37.2. The summed E-state index contributed by atoms with van der Waals surface area (Å²) in [5.74, 6) is 0.875. The van der Waals surface area contributed by atoms with Gasteiger partial charge in [-0.25, -0.2) is 0 Å². The molecule has 0 aliphatic rings. The van der Waals surface area contributed by atoms with Gasteiger partial charge in [0.15, 0.2) is 0 Å². The van der Waals surface area contributed by atoms with E-state index in [1.54, 1.807) is 0 Å². The van der Waals surface area contributed by atoms with Crippen LogP contribution in [0.15, 0.2) is 265 Å². The van der Waals surface area contributed by atoms with Crippen LogP contribution in [0.3, 0.4) is 0 Å². The van der Waals surface area contributed by atoms with E-state index < -0.39 is 0 Å². The molecule has 0 saturated heterocycles. The van der Waals surface area contributed by atoms with Gasteiger partial charge in [0, 0.05) is 28.0 Å². The molecule has 1 aromatic heterocycles. The Balaban J connectivity index is 0.862. The molecule has 13 aromatic rings. The van der Waals surface area contributed by atoms with Crippen molar-refractivity contribution in [3.63, 3.8) is 0 Å². The quantitative estimate of drug-likeness (QED) is 0.142. The standard InChI is InChI=1S/C66H43NO/c1-4-17-59-46(11-1)14-10-21-60(59)47-25-23-44(24-26-47)45-29-34-56(35-30-45)67(57-36-31-48(32-37-57)64-42-53-12-2-5-18-61(53)62-19-6-7-20-63(62)64)58-38-33-51-39-50(27-28-52(51)41-58)49-15-9-16-54(40-49)66-43-55-13-3-8-22-65(55)68-66/h1-43H. The highest BCUT2D eigenvalue weighted by atomic mass is 16.3. The molecule has 2 nitrogen and oxygen atoms in total. The number of hydrogen-bond donors (Lipinski definition) is 0. The van der Waals surface area contributed by atoms with E-state index in [9.17, 15) is 0 Å². The van der Waals surface area contributed by atoms with Crippen LogP contribution < -0.4 is 4.90 Å². The molecule has 0 aliphatic heterocycles. The van der Waals surface area contributed by atoms with Crippen LogP contribution in [0, 0.1) is 0 Å². The van der Waals surface area contributed by atoms with Crippen molar-refractivity contribution in [2.45, 2.75) is 0 Å². The topological polar surface area (TPSA) is 16.4 Å². The first kappa shape index (κ1) is 39.4. The lowest BCUT2D eigenvalue weighted by atomic mass is 9.93. The highest BCUT2D eigenvalue weighted by molar-refractivity contribution is 6.14. The van der Waals surface area contributed by atoms with Gasteiger partial charge in [0.2, 0.25) is 0 Å². The third-order valence-corrected chi connectivity index (χ3v) is 13.6. The zero-order chi connectivity index (χ0) is 45.0. The van der Waals surface area contributed by atoms with Crippen molar-refractivity contribution >= 4 is 71.1 Å². The second-order valence-electron chi connectivity index (χ2n) is 17.7. The number of nitrogens with zero attached hydrogens (tertiary/aromatic N) is 1. The Bertz CT molecular complexity index is 3970. The van der Waals surface area contributed by atoms with Gasteiger partial charge in [-0.3, -0.25) is 0 Å². The van der Waals surface area contributed by atoms with E-state index in [2.05, 4.69) is 248 Å². The lowest BCUT2D eigenvalue weighted by Crippen LogP contribution is -2.09. The van der Waals surface area contributed by atoms with Crippen LogP contribution in [0.5, 0.6) is 0 Å². The van der Waals surface area contributed by atoms with Gasteiger partial charge in [-0.2, -0.15) is 0 Å². The summed E-state index contributed by atoms with van der Waals surface area (Å²) in [6.07, 6.45) is 0. The van der Waals surface area contributed by atoms with Crippen molar-refractivity contribution in [3.05, 3.63) is 261 Å². The second-order valence-corrected chi connectivity index (χ2v) is 17.7. The van der Waals surface area contributed by atoms with E-state index in [1.165, 1.54) is 76.5 Å². The normalized spacial score (nSPS) is 11.5. The van der Waals surface area contributed by atoms with E-state index in [1.807, 2.05) is 18.2 Å². The van der Waals surface area contributed by atoms with Gasteiger partial charge < -0.3 is 9.32 Å². The maximum Gasteiger partial charge on any atom is 0.135 e. The molecule has 0 radical (unpaired) electrons. The number of fused-ring (bicyclic) bond motifs is 6. The van der Waals surface area contributed by atoms with E-state index in [0.29, 0.717) is 0 Å². The van der Waals surface area contributed by atoms with Crippen LogP contribution in [0.1, 0.15) is 0 Å². The van der Waals surface area contributed by atoms with Gasteiger partial charge in [-0.05, 0) is 154 Å². The average molecular weight is 866 g/mol. The molecular formula is C66H43NO. The smallest absolute Gasteiger partial charge is 0.135 e. The summed E-state index contributed by atoms with van der Waals surface area (Å²) in [7, 11) is 0. The van der Waals surface area contributed by atoms with Crippen LogP contribution in [-0.2, 0) is 0 Å². The highest BCUT2D eigenvalue weighted by Crippen LogP contribution is 2.41. The molecule has 0 amide bonds. The van der Waals surface area contributed by atoms with E-state index in [0.717, 1.165) is 50.5 Å². The SMILES string of the molecule is c1cc(-c2ccc3cc(N(c4ccc(-c5ccc(-c6cccc7ccccc67)cc5)cc4)c4ccc(-c5cc6ccccc6c6ccccc56)cc4)ccc3c2)cc(-c2cc3ccccc3o2)c1. The molecular weight excluding hydrogens is 823 g/mol. The second kappa shape index (κ2) is 16.5. The molecule has 68 heavy (non-hydrogen) atoms. The largest absolute Gasteiger partial charge is 0.456 e. The Labute approximate surface area is 395 Å². The fourth-order valence-corrected chi connectivity index (χ4v) is 10.2. The Hall–Kier alpha value is -8.98. The van der Waals surface area contributed by atoms with E-state index in [4.69, 9.17) is 4.42 Å². The van der Waals surface area contributed by atoms with Crippen LogP contribution in [-0.4, -0.2) is 0 Å². The van der Waals surface area contributed by atoms with Gasteiger partial charge in [0.25, 0.3) is 0 Å². The number of furan rings is 1. The summed E-state index contributed by atoms with van der Waals surface area (Å²) in [4.78, 5) is 2.37. The minimum absolute atomic E-state index is 0.875. The van der Waals surface area contributed by atoms with Gasteiger partial charge >= 0.3 is 0 Å². The van der Waals surface area contributed by atoms with Crippen LogP contribution >= 0.6 is 0 Å². The number of para-hydroxylation sites is 1. The van der Waals surface area contributed by atoms with Crippen molar-refractivity contribution in [2.75, 3.05) is 4.90 Å². The monoisotopic (exact) mass is 865 g/mol. The predicted molar refractivity (Wildman–Crippen MR) is 288 cm³/mol. The van der Waals surface area contributed by atoms with Crippen LogP contribution in [0.4, 0.5) is 17.1 Å². The van der Waals surface area contributed by atoms with E-state index in [-0.39, 0.29) is 0 Å². The van der Waals surface area contributed by atoms with E-state index >= 15 is 0 Å². The van der Waals surface area contributed by atoms with Gasteiger partial charge in [0.05, 0.1) is 0 Å². The first-order chi connectivity index (χ1) is 33.7.